The van der Waals surface area contributed by atoms with Gasteiger partial charge in [0.2, 0.25) is 0 Å². The third kappa shape index (κ3) is 9.31. The molecule has 0 saturated carbocycles. The molecule has 0 aliphatic heterocycles. The second-order valence-electron chi connectivity index (χ2n) is 19.0. The average Bonchev–Trinajstić information content (AvgIpc) is 3.48. The topological polar surface area (TPSA) is 63.3 Å². The maximum atomic E-state index is 12.8. The first-order chi connectivity index (χ1) is 24.9. The summed E-state index contributed by atoms with van der Waals surface area (Å²) >= 11 is 0. The summed E-state index contributed by atoms with van der Waals surface area (Å²) in [6.07, 6.45) is 2.41. The van der Waals surface area contributed by atoms with Gasteiger partial charge in [-0.25, -0.2) is 0 Å². The van der Waals surface area contributed by atoms with Crippen molar-refractivity contribution in [3.8, 4) is 11.3 Å². The van der Waals surface area contributed by atoms with Gasteiger partial charge >= 0.3 is 0 Å². The van der Waals surface area contributed by atoms with Gasteiger partial charge < -0.3 is 9.52 Å². The van der Waals surface area contributed by atoms with E-state index >= 15 is 0 Å². The Morgan fingerprint density at radius 3 is 1.89 bits per heavy atom. The molecule has 2 heterocycles. The normalized spacial score (nSPS) is 13.1. The van der Waals surface area contributed by atoms with Crippen molar-refractivity contribution in [1.29, 1.82) is 0 Å². The molecule has 0 saturated heterocycles. The zero-order valence-corrected chi connectivity index (χ0v) is 39.2. The van der Waals surface area contributed by atoms with E-state index in [9.17, 15) is 9.90 Å². The van der Waals surface area contributed by atoms with Gasteiger partial charge in [-0.05, 0) is 72.1 Å². The molecule has 4 nitrogen and oxygen atoms in total. The van der Waals surface area contributed by atoms with Gasteiger partial charge in [0.15, 0.2) is 5.78 Å². The molecule has 3 aromatic carbocycles. The van der Waals surface area contributed by atoms with Gasteiger partial charge in [-0.1, -0.05) is 139 Å². The number of benzene rings is 3. The first-order valence-corrected chi connectivity index (χ1v) is 20.2. The number of hydrogen-bond donors (Lipinski definition) is 1. The number of ketones is 1. The van der Waals surface area contributed by atoms with Gasteiger partial charge in [0, 0.05) is 59.9 Å². The van der Waals surface area contributed by atoms with Crippen LogP contribution in [0.5, 0.6) is 0 Å². The van der Waals surface area contributed by atoms with Gasteiger partial charge in [0.1, 0.15) is 17.1 Å². The molecule has 2 aromatic heterocycles. The molecule has 301 valence electrons. The fourth-order valence-corrected chi connectivity index (χ4v) is 7.93. The van der Waals surface area contributed by atoms with Gasteiger partial charge in [0.05, 0.1) is 5.52 Å². The van der Waals surface area contributed by atoms with Crippen molar-refractivity contribution in [3.05, 3.63) is 88.9 Å². The van der Waals surface area contributed by atoms with E-state index in [1.165, 1.54) is 28.2 Å². The van der Waals surface area contributed by atoms with Gasteiger partial charge in [-0.15, -0.1) is 29.1 Å². The third-order valence-corrected chi connectivity index (χ3v) is 12.6. The van der Waals surface area contributed by atoms with Crippen LogP contribution >= 0.6 is 0 Å². The predicted octanol–water partition coefficient (Wildman–Crippen LogP) is 14.3. The maximum Gasteiger partial charge on any atom is 0.165 e. The fraction of sp³-hybridized carbons (Fsp3) is 0.520. The number of aromatic nitrogens is 1. The zero-order chi connectivity index (χ0) is 40.7. The van der Waals surface area contributed by atoms with Crippen molar-refractivity contribution in [2.24, 2.45) is 40.4 Å². The maximum absolute atomic E-state index is 12.8. The minimum Gasteiger partial charge on any atom is -0.512 e. The van der Waals surface area contributed by atoms with Crippen LogP contribution in [0.15, 0.2) is 64.8 Å². The van der Waals surface area contributed by atoms with E-state index in [0.29, 0.717) is 5.92 Å². The first kappa shape index (κ1) is 46.1. The van der Waals surface area contributed by atoms with Crippen LogP contribution in [-0.2, 0) is 36.7 Å². The molecule has 0 fully saturated rings. The Bertz CT molecular complexity index is 2140. The number of pyridine rings is 1. The van der Waals surface area contributed by atoms with E-state index in [1.54, 1.807) is 0 Å². The number of rotatable bonds is 10. The first-order valence-electron chi connectivity index (χ1n) is 20.2. The SMILES string of the molecule is CC(C)C(C)(C(=O)/C=C(\O)C(C)(C(C)C)C(C)C)C(C)C.Cc1cc(C)c2c(c1)nc(-c1[c-]c3ccccc3c(C(C)(C)C)c1)c1cc(CC(C)C)oc12.[Ir]. The minimum atomic E-state index is -0.442. The molecule has 5 rings (SSSR count). The van der Waals surface area contributed by atoms with E-state index in [2.05, 4.69) is 158 Å². The molecule has 1 radical (unpaired) electrons. The second-order valence-corrected chi connectivity index (χ2v) is 19.0. The molecular weight excluding hydrogens is 855 g/mol. The number of nitrogens with zero attached hydrogens (tertiary/aromatic N) is 1. The number of carbonyl (C=O) groups excluding carboxylic acids is 1. The van der Waals surface area contributed by atoms with Gasteiger partial charge in [-0.3, -0.25) is 9.78 Å². The van der Waals surface area contributed by atoms with Crippen molar-refractivity contribution in [2.75, 3.05) is 0 Å². The van der Waals surface area contributed by atoms with Crippen molar-refractivity contribution in [3.63, 3.8) is 0 Å². The second kappa shape index (κ2) is 17.5. The summed E-state index contributed by atoms with van der Waals surface area (Å²) in [7, 11) is 0. The molecule has 0 atom stereocenters. The number of carbonyl (C=O) groups is 1. The molecule has 0 aliphatic carbocycles. The van der Waals surface area contributed by atoms with Crippen molar-refractivity contribution < 1.29 is 34.4 Å². The van der Waals surface area contributed by atoms with Crippen molar-refractivity contribution in [2.45, 2.75) is 130 Å². The monoisotopic (exact) mass is 923 g/mol. The van der Waals surface area contributed by atoms with E-state index in [1.807, 2.05) is 13.8 Å². The Labute approximate surface area is 346 Å². The van der Waals surface area contributed by atoms with Crippen LogP contribution in [0.1, 0.15) is 126 Å². The summed E-state index contributed by atoms with van der Waals surface area (Å²) in [4.78, 5) is 18.0. The molecule has 5 heteroatoms. The third-order valence-electron chi connectivity index (χ3n) is 12.6. The van der Waals surface area contributed by atoms with E-state index in [0.717, 1.165) is 50.7 Å². The number of allylic oxidation sites excluding steroid dienone is 2. The summed E-state index contributed by atoms with van der Waals surface area (Å²) in [6, 6.07) is 21.1. The summed E-state index contributed by atoms with van der Waals surface area (Å²) in [5.74, 6) is 2.82. The van der Waals surface area contributed by atoms with E-state index in [-0.39, 0.29) is 66.1 Å². The predicted molar refractivity (Wildman–Crippen MR) is 231 cm³/mol. The Hall–Kier alpha value is -3.27. The Balaban J connectivity index is 0.000000323. The van der Waals surface area contributed by atoms with Crippen molar-refractivity contribution in [1.82, 2.24) is 4.98 Å². The van der Waals surface area contributed by atoms with Gasteiger partial charge in [-0.2, -0.15) is 0 Å². The standard InChI is InChI=1S/C31H32NO.C19H36O2.Ir/c1-18(2)12-23-17-25-29(32-27-14-19(3)13-20(4)28(27)30(25)33-23)22-15-21-10-8-9-11-24(21)26(16-22)31(5,6)7;1-12(2)18(9,13(3)4)16(20)11-17(21)19(10,14(5)6)15(7)8;/h8-11,13-14,16-18H,12H2,1-7H3;11-15,20H,1-10H3;/q-1;;/b;16-11-;. The number of fused-ring (bicyclic) bond motifs is 4. The van der Waals surface area contributed by atoms with Crippen LogP contribution in [0.25, 0.3) is 43.9 Å². The molecule has 0 bridgehead atoms. The minimum absolute atomic E-state index is 0. The zero-order valence-electron chi connectivity index (χ0n) is 36.8. The van der Waals surface area contributed by atoms with Crippen LogP contribution in [-0.4, -0.2) is 15.9 Å². The van der Waals surface area contributed by atoms with Crippen LogP contribution in [0, 0.1) is 60.3 Å². The van der Waals surface area contributed by atoms with Crippen LogP contribution in [0.2, 0.25) is 0 Å². The van der Waals surface area contributed by atoms with Crippen LogP contribution < -0.4 is 0 Å². The van der Waals surface area contributed by atoms with E-state index < -0.39 is 5.41 Å². The number of hydrogen-bond acceptors (Lipinski definition) is 4. The Morgan fingerprint density at radius 2 is 1.36 bits per heavy atom. The molecular formula is C50H68IrNO3-. The number of aliphatic hydroxyl groups excluding tert-OH is 1. The van der Waals surface area contributed by atoms with Crippen molar-refractivity contribution >= 4 is 38.4 Å². The molecule has 55 heavy (non-hydrogen) atoms. The summed E-state index contributed by atoms with van der Waals surface area (Å²) in [5, 5.41) is 15.2. The molecule has 0 unspecified atom stereocenters. The molecule has 0 aliphatic rings. The quantitative estimate of drug-likeness (QED) is 0.0861. The summed E-state index contributed by atoms with van der Waals surface area (Å²) in [5.41, 5.74) is 6.84. The molecule has 5 aromatic rings. The number of furan rings is 1. The van der Waals surface area contributed by atoms with Crippen LogP contribution in [0.3, 0.4) is 0 Å². The number of aryl methyl sites for hydroxylation is 2. The molecule has 0 spiro atoms. The number of aliphatic hydroxyl groups is 1. The smallest absolute Gasteiger partial charge is 0.165 e. The summed E-state index contributed by atoms with van der Waals surface area (Å²) < 4.78 is 6.51. The largest absolute Gasteiger partial charge is 0.512 e. The molecule has 0 amide bonds. The fourth-order valence-electron chi connectivity index (χ4n) is 7.93. The van der Waals surface area contributed by atoms with E-state index in [4.69, 9.17) is 9.40 Å². The summed E-state index contributed by atoms with van der Waals surface area (Å²) in [6.45, 7) is 36.3. The van der Waals surface area contributed by atoms with Gasteiger partial charge in [0.25, 0.3) is 0 Å². The Morgan fingerprint density at radius 1 is 0.800 bits per heavy atom. The Kier molecular flexibility index (Phi) is 14.7. The van der Waals surface area contributed by atoms with Crippen LogP contribution in [0.4, 0.5) is 0 Å². The average molecular weight is 923 g/mol. The molecule has 1 N–H and O–H groups in total.